The van der Waals surface area contributed by atoms with Crippen LogP contribution in [0.3, 0.4) is 0 Å². The lowest BCUT2D eigenvalue weighted by Crippen LogP contribution is -2.53. The molecule has 2 aliphatic rings. The zero-order chi connectivity index (χ0) is 16.0. The molecule has 3 atom stereocenters. The maximum absolute atomic E-state index is 12.1. The maximum atomic E-state index is 12.1. The molecule has 4 rings (SSSR count). The standard InChI is InChI=1S/C17H16N2O4/c1-18-11-14-13-9-5-6-10-15(13)22-16(12-7-3-2-4-8-12)17(14,23-18)19(20)21/h2-10,14,16H,11H2,1H3/t14-,16+,17-/m1/s1. The van der Waals surface area contributed by atoms with Gasteiger partial charge in [-0.15, -0.1) is 0 Å². The summed E-state index contributed by atoms with van der Waals surface area (Å²) in [5, 5.41) is 13.6. The summed E-state index contributed by atoms with van der Waals surface area (Å²) in [6.07, 6.45) is -0.802. The van der Waals surface area contributed by atoms with Crippen LogP contribution in [0.15, 0.2) is 54.6 Å². The summed E-state index contributed by atoms with van der Waals surface area (Å²) in [6, 6.07) is 16.7. The van der Waals surface area contributed by atoms with Gasteiger partial charge in [0.05, 0.1) is 4.92 Å². The number of hydrogen-bond acceptors (Lipinski definition) is 5. The molecule has 0 amide bonds. The third-order valence-corrected chi connectivity index (χ3v) is 4.54. The van der Waals surface area contributed by atoms with Gasteiger partial charge >= 0.3 is 5.72 Å². The molecule has 118 valence electrons. The molecule has 2 aromatic rings. The minimum Gasteiger partial charge on any atom is -0.475 e. The molecule has 23 heavy (non-hydrogen) atoms. The van der Waals surface area contributed by atoms with Crippen molar-refractivity contribution >= 4 is 0 Å². The summed E-state index contributed by atoms with van der Waals surface area (Å²) < 4.78 is 6.05. The molecule has 6 nitrogen and oxygen atoms in total. The minimum absolute atomic E-state index is 0.339. The van der Waals surface area contributed by atoms with Gasteiger partial charge in [0.2, 0.25) is 6.10 Å². The van der Waals surface area contributed by atoms with E-state index in [4.69, 9.17) is 9.57 Å². The Morgan fingerprint density at radius 2 is 1.87 bits per heavy atom. The largest absolute Gasteiger partial charge is 0.475 e. The molecule has 1 fully saturated rings. The second kappa shape index (κ2) is 5.04. The lowest BCUT2D eigenvalue weighted by Gasteiger charge is -2.37. The first-order valence-corrected chi connectivity index (χ1v) is 7.48. The second-order valence-electron chi connectivity index (χ2n) is 5.91. The highest BCUT2D eigenvalue weighted by Gasteiger charge is 2.68. The van der Waals surface area contributed by atoms with Crippen LogP contribution in [-0.2, 0) is 4.84 Å². The van der Waals surface area contributed by atoms with Gasteiger partial charge in [0.25, 0.3) is 0 Å². The molecule has 0 unspecified atom stereocenters. The smallest absolute Gasteiger partial charge is 0.389 e. The van der Waals surface area contributed by atoms with E-state index in [1.54, 1.807) is 7.05 Å². The van der Waals surface area contributed by atoms with Crippen LogP contribution in [0.2, 0.25) is 0 Å². The molecule has 0 aromatic heterocycles. The molecular weight excluding hydrogens is 296 g/mol. The Hall–Kier alpha value is -2.44. The third kappa shape index (κ3) is 1.95. The Balaban J connectivity index is 1.93. The number of nitrogens with zero attached hydrogens (tertiary/aromatic N) is 2. The lowest BCUT2D eigenvalue weighted by atomic mass is 9.80. The normalized spacial score (nSPS) is 29.4. The highest BCUT2D eigenvalue weighted by Crippen LogP contribution is 2.54. The fraction of sp³-hybridized carbons (Fsp3) is 0.294. The highest BCUT2D eigenvalue weighted by molar-refractivity contribution is 5.43. The van der Waals surface area contributed by atoms with E-state index in [0.29, 0.717) is 12.3 Å². The number of benzene rings is 2. The molecule has 0 N–H and O–H groups in total. The summed E-state index contributed by atoms with van der Waals surface area (Å²) in [6.45, 7) is 0.449. The Bertz CT molecular complexity index is 751. The van der Waals surface area contributed by atoms with Gasteiger partial charge in [0, 0.05) is 24.7 Å². The third-order valence-electron chi connectivity index (χ3n) is 4.54. The topological polar surface area (TPSA) is 64.8 Å². The summed E-state index contributed by atoms with van der Waals surface area (Å²) >= 11 is 0. The summed E-state index contributed by atoms with van der Waals surface area (Å²) in [4.78, 5) is 17.5. The van der Waals surface area contributed by atoms with Gasteiger partial charge in [-0.25, -0.2) is 4.84 Å². The first kappa shape index (κ1) is 14.2. The van der Waals surface area contributed by atoms with Gasteiger partial charge in [0.15, 0.2) is 0 Å². The van der Waals surface area contributed by atoms with E-state index < -0.39 is 17.7 Å². The molecule has 1 saturated heterocycles. The Kier molecular flexibility index (Phi) is 3.11. The van der Waals surface area contributed by atoms with Crippen molar-refractivity contribution in [1.82, 2.24) is 5.06 Å². The molecule has 2 heterocycles. The lowest BCUT2D eigenvalue weighted by molar-refractivity contribution is -0.655. The van der Waals surface area contributed by atoms with E-state index in [9.17, 15) is 10.1 Å². The van der Waals surface area contributed by atoms with Crippen LogP contribution in [0.4, 0.5) is 0 Å². The first-order chi connectivity index (χ1) is 11.1. The predicted molar refractivity (Wildman–Crippen MR) is 82.4 cm³/mol. The van der Waals surface area contributed by atoms with Crippen LogP contribution >= 0.6 is 0 Å². The number of hydrogen-bond donors (Lipinski definition) is 0. The Labute approximate surface area is 133 Å². The van der Waals surface area contributed by atoms with E-state index >= 15 is 0 Å². The van der Waals surface area contributed by atoms with E-state index in [2.05, 4.69) is 0 Å². The van der Waals surface area contributed by atoms with E-state index in [1.165, 1.54) is 5.06 Å². The van der Waals surface area contributed by atoms with Crippen LogP contribution in [0.25, 0.3) is 0 Å². The van der Waals surface area contributed by atoms with Gasteiger partial charge in [-0.3, -0.25) is 10.1 Å². The first-order valence-electron chi connectivity index (χ1n) is 7.48. The zero-order valence-electron chi connectivity index (χ0n) is 12.6. The molecular formula is C17H16N2O4. The summed E-state index contributed by atoms with van der Waals surface area (Å²) in [5.41, 5.74) is -0.0930. The van der Waals surface area contributed by atoms with Crippen molar-refractivity contribution in [2.24, 2.45) is 0 Å². The number of rotatable bonds is 2. The Morgan fingerprint density at radius 3 is 2.61 bits per heavy atom. The van der Waals surface area contributed by atoms with Crippen molar-refractivity contribution in [3.8, 4) is 5.75 Å². The number of fused-ring (bicyclic) bond motifs is 3. The van der Waals surface area contributed by atoms with E-state index in [0.717, 1.165) is 11.1 Å². The average Bonchev–Trinajstić information content (AvgIpc) is 2.93. The van der Waals surface area contributed by atoms with Crippen molar-refractivity contribution in [3.05, 3.63) is 75.8 Å². The molecule has 2 aromatic carbocycles. The summed E-state index contributed by atoms with van der Waals surface area (Å²) in [5.74, 6) is 0.292. The molecule has 0 bridgehead atoms. The van der Waals surface area contributed by atoms with Crippen molar-refractivity contribution in [2.75, 3.05) is 13.6 Å². The monoisotopic (exact) mass is 312 g/mol. The molecule has 0 spiro atoms. The average molecular weight is 312 g/mol. The van der Waals surface area contributed by atoms with Gasteiger partial charge in [0.1, 0.15) is 11.7 Å². The van der Waals surface area contributed by atoms with Crippen LogP contribution in [0.5, 0.6) is 5.75 Å². The number of nitro groups is 1. The zero-order valence-corrected chi connectivity index (χ0v) is 12.6. The van der Waals surface area contributed by atoms with Crippen molar-refractivity contribution in [1.29, 1.82) is 0 Å². The quantitative estimate of drug-likeness (QED) is 0.630. The number of hydroxylamine groups is 2. The van der Waals surface area contributed by atoms with Crippen LogP contribution in [0, 0.1) is 10.1 Å². The van der Waals surface area contributed by atoms with Gasteiger partial charge in [-0.2, -0.15) is 5.06 Å². The molecule has 0 aliphatic carbocycles. The molecule has 2 aliphatic heterocycles. The highest BCUT2D eigenvalue weighted by atomic mass is 16.8. The summed E-state index contributed by atoms with van der Waals surface area (Å²) in [7, 11) is 1.72. The number of ether oxygens (including phenoxy) is 1. The fourth-order valence-corrected chi connectivity index (χ4v) is 3.57. The SMILES string of the molecule is CN1C[C@@H]2c3ccccc3O[C@@H](c3ccccc3)[C@]2([N+](=O)[O-])O1. The van der Waals surface area contributed by atoms with Crippen LogP contribution < -0.4 is 4.74 Å². The van der Waals surface area contributed by atoms with E-state index in [1.807, 2.05) is 54.6 Å². The molecule has 6 heteroatoms. The fourth-order valence-electron chi connectivity index (χ4n) is 3.57. The molecule has 0 radical (unpaired) electrons. The van der Waals surface area contributed by atoms with Gasteiger partial charge in [-0.1, -0.05) is 48.5 Å². The van der Waals surface area contributed by atoms with Crippen LogP contribution in [0.1, 0.15) is 23.1 Å². The van der Waals surface area contributed by atoms with E-state index in [-0.39, 0.29) is 4.92 Å². The number of likely N-dealkylation sites (N-methyl/N-ethyl adjacent to an activating group) is 1. The van der Waals surface area contributed by atoms with Crippen molar-refractivity contribution < 1.29 is 14.5 Å². The second-order valence-corrected chi connectivity index (χ2v) is 5.91. The van der Waals surface area contributed by atoms with Gasteiger partial charge < -0.3 is 4.74 Å². The molecule has 0 saturated carbocycles. The van der Waals surface area contributed by atoms with Crippen molar-refractivity contribution in [2.45, 2.75) is 17.7 Å². The van der Waals surface area contributed by atoms with Crippen LogP contribution in [-0.4, -0.2) is 29.3 Å². The minimum atomic E-state index is -1.65. The predicted octanol–water partition coefficient (Wildman–Crippen LogP) is 2.75. The van der Waals surface area contributed by atoms with Crippen molar-refractivity contribution in [3.63, 3.8) is 0 Å². The van der Waals surface area contributed by atoms with Gasteiger partial charge in [-0.05, 0) is 6.07 Å². The number of para-hydroxylation sites is 1. The Morgan fingerprint density at radius 1 is 1.17 bits per heavy atom. The maximum Gasteiger partial charge on any atom is 0.389 e.